The molecule has 2 aromatic heterocycles. The van der Waals surface area contributed by atoms with Gasteiger partial charge in [0.2, 0.25) is 5.82 Å². The van der Waals surface area contributed by atoms with Gasteiger partial charge in [0.25, 0.3) is 0 Å². The van der Waals surface area contributed by atoms with E-state index in [4.69, 9.17) is 5.10 Å². The lowest BCUT2D eigenvalue weighted by Crippen LogP contribution is -2.31. The molecule has 2 N–H and O–H groups in total. The highest BCUT2D eigenvalue weighted by Gasteiger charge is 2.25. The van der Waals surface area contributed by atoms with Gasteiger partial charge in [-0.25, -0.2) is 4.79 Å². The Balaban J connectivity index is 1.74. The number of aromatic amines is 1. The maximum atomic E-state index is 11.3. The lowest BCUT2D eigenvalue weighted by molar-refractivity contribution is 0.147. The number of H-pyrrole nitrogens is 1. The van der Waals surface area contributed by atoms with Crippen molar-refractivity contribution in [2.24, 2.45) is 0 Å². The van der Waals surface area contributed by atoms with Crippen LogP contribution in [0.4, 0.5) is 4.79 Å². The summed E-state index contributed by atoms with van der Waals surface area (Å²) in [5, 5.41) is 28.2. The standard InChI is InChI=1S/C18H21N7O2/c1-11(2)25-16(12-3-5-13(6-4-12)17-19-22-23-20-17)14-7-9-24(18(26)27)10-8-15(14)21-25/h3-6,11H,7-10H2,1-2H3,(H,26,27)(H,19,20,22,23). The zero-order valence-corrected chi connectivity index (χ0v) is 15.3. The topological polar surface area (TPSA) is 113 Å². The minimum atomic E-state index is -0.872. The highest BCUT2D eigenvalue weighted by atomic mass is 16.4. The number of tetrazole rings is 1. The molecule has 1 aromatic carbocycles. The van der Waals surface area contributed by atoms with Crippen LogP contribution in [0.15, 0.2) is 24.3 Å². The van der Waals surface area contributed by atoms with Crippen LogP contribution < -0.4 is 0 Å². The Labute approximate surface area is 156 Å². The van der Waals surface area contributed by atoms with Gasteiger partial charge in [-0.2, -0.15) is 10.3 Å². The van der Waals surface area contributed by atoms with Crippen molar-refractivity contribution >= 4 is 6.09 Å². The van der Waals surface area contributed by atoms with Crippen LogP contribution in [0.5, 0.6) is 0 Å². The average molecular weight is 367 g/mol. The molecule has 0 saturated heterocycles. The molecule has 3 aromatic rings. The van der Waals surface area contributed by atoms with E-state index in [1.807, 2.05) is 28.9 Å². The van der Waals surface area contributed by atoms with Crippen LogP contribution in [0.3, 0.4) is 0 Å². The lowest BCUT2D eigenvalue weighted by Gasteiger charge is -2.17. The lowest BCUT2D eigenvalue weighted by atomic mass is 10.0. The van der Waals surface area contributed by atoms with Crippen LogP contribution in [-0.2, 0) is 12.8 Å². The summed E-state index contributed by atoms with van der Waals surface area (Å²) in [5.41, 5.74) is 5.12. The van der Waals surface area contributed by atoms with Crippen LogP contribution in [0, 0.1) is 0 Å². The molecule has 1 aliphatic rings. The Kier molecular flexibility index (Phi) is 4.35. The summed E-state index contributed by atoms with van der Waals surface area (Å²) >= 11 is 0. The van der Waals surface area contributed by atoms with Crippen molar-refractivity contribution in [3.05, 3.63) is 35.5 Å². The minimum Gasteiger partial charge on any atom is -0.465 e. The van der Waals surface area contributed by atoms with Gasteiger partial charge in [0.1, 0.15) is 0 Å². The fourth-order valence-electron chi connectivity index (χ4n) is 3.51. The second-order valence-electron chi connectivity index (χ2n) is 6.89. The van der Waals surface area contributed by atoms with E-state index in [0.717, 1.165) is 28.1 Å². The van der Waals surface area contributed by atoms with Gasteiger partial charge in [-0.1, -0.05) is 24.3 Å². The summed E-state index contributed by atoms with van der Waals surface area (Å²) in [5.74, 6) is 0.551. The molecule has 9 nitrogen and oxygen atoms in total. The van der Waals surface area contributed by atoms with E-state index in [1.54, 1.807) is 0 Å². The van der Waals surface area contributed by atoms with Crippen molar-refractivity contribution in [2.75, 3.05) is 13.1 Å². The summed E-state index contributed by atoms with van der Waals surface area (Å²) in [7, 11) is 0. The van der Waals surface area contributed by atoms with Crippen LogP contribution >= 0.6 is 0 Å². The van der Waals surface area contributed by atoms with E-state index in [-0.39, 0.29) is 6.04 Å². The fourth-order valence-corrected chi connectivity index (χ4v) is 3.51. The summed E-state index contributed by atoms with van der Waals surface area (Å²) in [4.78, 5) is 12.8. The third kappa shape index (κ3) is 3.16. The number of rotatable bonds is 3. The number of fused-ring (bicyclic) bond motifs is 1. The molecule has 4 rings (SSSR count). The van der Waals surface area contributed by atoms with E-state index >= 15 is 0 Å². The zero-order chi connectivity index (χ0) is 19.0. The van der Waals surface area contributed by atoms with Crippen molar-refractivity contribution in [1.29, 1.82) is 0 Å². The first-order chi connectivity index (χ1) is 13.0. The van der Waals surface area contributed by atoms with Gasteiger partial charge >= 0.3 is 6.09 Å². The smallest absolute Gasteiger partial charge is 0.407 e. The predicted molar refractivity (Wildman–Crippen MR) is 98.2 cm³/mol. The third-order valence-corrected chi connectivity index (χ3v) is 4.86. The quantitative estimate of drug-likeness (QED) is 0.735. The molecule has 3 heterocycles. The molecule has 0 radical (unpaired) electrons. The Bertz CT molecular complexity index is 945. The number of amides is 1. The predicted octanol–water partition coefficient (Wildman–Crippen LogP) is 2.39. The van der Waals surface area contributed by atoms with Gasteiger partial charge in [-0.05, 0) is 25.5 Å². The molecular weight excluding hydrogens is 346 g/mol. The molecule has 0 aliphatic carbocycles. The monoisotopic (exact) mass is 367 g/mol. The van der Waals surface area contributed by atoms with Crippen LogP contribution in [0.1, 0.15) is 31.1 Å². The van der Waals surface area contributed by atoms with Gasteiger partial charge in [-0.3, -0.25) is 4.68 Å². The van der Waals surface area contributed by atoms with Gasteiger partial charge in [-0.15, -0.1) is 10.2 Å². The first-order valence-electron chi connectivity index (χ1n) is 8.97. The molecule has 0 unspecified atom stereocenters. The Morgan fingerprint density at radius 2 is 1.85 bits per heavy atom. The van der Waals surface area contributed by atoms with Crippen molar-refractivity contribution in [3.63, 3.8) is 0 Å². The summed E-state index contributed by atoms with van der Waals surface area (Å²) in [6.07, 6.45) is 0.425. The Morgan fingerprint density at radius 1 is 1.15 bits per heavy atom. The first-order valence-corrected chi connectivity index (χ1v) is 8.97. The van der Waals surface area contributed by atoms with E-state index < -0.39 is 6.09 Å². The average Bonchev–Trinajstić information content (AvgIpc) is 3.26. The van der Waals surface area contributed by atoms with Crippen molar-refractivity contribution < 1.29 is 9.90 Å². The maximum absolute atomic E-state index is 11.3. The second kappa shape index (κ2) is 6.82. The second-order valence-corrected chi connectivity index (χ2v) is 6.89. The highest BCUT2D eigenvalue weighted by molar-refractivity contribution is 5.69. The molecular formula is C18H21N7O2. The number of nitrogens with zero attached hydrogens (tertiary/aromatic N) is 6. The molecule has 27 heavy (non-hydrogen) atoms. The maximum Gasteiger partial charge on any atom is 0.407 e. The van der Waals surface area contributed by atoms with E-state index in [2.05, 4.69) is 34.5 Å². The summed E-state index contributed by atoms with van der Waals surface area (Å²) in [6, 6.07) is 8.19. The van der Waals surface area contributed by atoms with Gasteiger partial charge in [0.15, 0.2) is 0 Å². The van der Waals surface area contributed by atoms with E-state index in [0.29, 0.717) is 31.8 Å². The Morgan fingerprint density at radius 3 is 2.48 bits per heavy atom. The number of carbonyl (C=O) groups is 1. The summed E-state index contributed by atoms with van der Waals surface area (Å²) in [6.45, 7) is 5.17. The van der Waals surface area contributed by atoms with Crippen molar-refractivity contribution in [2.45, 2.75) is 32.7 Å². The highest BCUT2D eigenvalue weighted by Crippen LogP contribution is 2.32. The van der Waals surface area contributed by atoms with Gasteiger partial charge in [0, 0.05) is 42.2 Å². The number of aromatic nitrogens is 6. The molecule has 9 heteroatoms. The number of hydrogen-bond acceptors (Lipinski definition) is 5. The largest absolute Gasteiger partial charge is 0.465 e. The molecule has 0 fully saturated rings. The molecule has 0 atom stereocenters. The van der Waals surface area contributed by atoms with Crippen LogP contribution in [0.2, 0.25) is 0 Å². The normalized spacial score (nSPS) is 14.3. The number of carboxylic acid groups (broad SMARTS) is 1. The molecule has 1 aliphatic heterocycles. The van der Waals surface area contributed by atoms with Crippen molar-refractivity contribution in [3.8, 4) is 22.6 Å². The molecule has 0 bridgehead atoms. The SMILES string of the molecule is CC(C)n1nc2c(c1-c1ccc(-c3nn[nH]n3)cc1)CCN(C(=O)O)CC2. The number of nitrogens with one attached hydrogen (secondary N) is 1. The van der Waals surface area contributed by atoms with E-state index in [1.165, 1.54) is 4.90 Å². The minimum absolute atomic E-state index is 0.208. The molecule has 1 amide bonds. The van der Waals surface area contributed by atoms with Crippen LogP contribution in [-0.4, -0.2) is 59.6 Å². The first kappa shape index (κ1) is 17.2. The van der Waals surface area contributed by atoms with Gasteiger partial charge < -0.3 is 10.0 Å². The number of hydrogen-bond donors (Lipinski definition) is 2. The van der Waals surface area contributed by atoms with Crippen LogP contribution in [0.25, 0.3) is 22.6 Å². The summed E-state index contributed by atoms with van der Waals surface area (Å²) < 4.78 is 2.05. The zero-order valence-electron chi connectivity index (χ0n) is 15.3. The molecule has 140 valence electrons. The molecule has 0 spiro atoms. The van der Waals surface area contributed by atoms with Crippen molar-refractivity contribution in [1.82, 2.24) is 35.3 Å². The fraction of sp³-hybridized carbons (Fsp3) is 0.389. The Hall–Kier alpha value is -3.23. The van der Waals surface area contributed by atoms with E-state index in [9.17, 15) is 9.90 Å². The van der Waals surface area contributed by atoms with Gasteiger partial charge in [0.05, 0.1) is 11.4 Å². The molecule has 0 saturated carbocycles. The number of benzene rings is 1. The third-order valence-electron chi connectivity index (χ3n) is 4.86.